The molecule has 0 radical (unpaired) electrons. The molecule has 0 atom stereocenters. The van der Waals surface area contributed by atoms with E-state index < -0.39 is 0 Å². The number of hydrogen-bond donors (Lipinski definition) is 2. The Morgan fingerprint density at radius 2 is 1.81 bits per heavy atom. The van der Waals surface area contributed by atoms with Gasteiger partial charge in [-0.1, -0.05) is 51.1 Å². The summed E-state index contributed by atoms with van der Waals surface area (Å²) in [5, 5.41) is 11.1. The van der Waals surface area contributed by atoms with Gasteiger partial charge >= 0.3 is 0 Å². The molecule has 0 aliphatic carbocycles. The first kappa shape index (κ1) is 18.0. The van der Waals surface area contributed by atoms with Gasteiger partial charge in [0.15, 0.2) is 0 Å². The Labute approximate surface area is 155 Å². The lowest BCUT2D eigenvalue weighted by atomic mass is 9.97. The molecule has 0 fully saturated rings. The third-order valence-electron chi connectivity index (χ3n) is 4.06. The summed E-state index contributed by atoms with van der Waals surface area (Å²) in [6.45, 7) is 8.27. The van der Waals surface area contributed by atoms with E-state index in [1.165, 1.54) is 5.56 Å². The Kier molecular flexibility index (Phi) is 5.26. The summed E-state index contributed by atoms with van der Waals surface area (Å²) in [6.07, 6.45) is 3.91. The highest BCUT2D eigenvalue weighted by molar-refractivity contribution is 5.70. The van der Waals surface area contributed by atoms with Crippen LogP contribution in [0.2, 0.25) is 0 Å². The summed E-state index contributed by atoms with van der Waals surface area (Å²) in [5.41, 5.74) is 4.38. The summed E-state index contributed by atoms with van der Waals surface area (Å²) in [6, 6.07) is 14.4. The van der Waals surface area contributed by atoms with Crippen molar-refractivity contribution >= 4 is 11.5 Å². The maximum atomic E-state index is 4.76. The molecule has 0 aliphatic heterocycles. The van der Waals surface area contributed by atoms with Gasteiger partial charge in [-0.15, -0.1) is 0 Å². The fraction of sp³-hybridized carbons (Fsp3) is 0.333. The number of nitrogens with zero attached hydrogens (tertiary/aromatic N) is 3. The van der Waals surface area contributed by atoms with Crippen LogP contribution in [0.5, 0.6) is 0 Å². The summed E-state index contributed by atoms with van der Waals surface area (Å²) >= 11 is 0. The Bertz CT molecular complexity index is 846. The van der Waals surface area contributed by atoms with Crippen molar-refractivity contribution < 1.29 is 0 Å². The molecular weight excluding hydrogens is 322 g/mol. The topological polar surface area (TPSA) is 54.8 Å². The summed E-state index contributed by atoms with van der Waals surface area (Å²) < 4.78 is 1.94. The summed E-state index contributed by atoms with van der Waals surface area (Å²) in [7, 11) is 1.90. The van der Waals surface area contributed by atoms with Crippen LogP contribution in [0.15, 0.2) is 54.9 Å². The molecule has 2 N–H and O–H groups in total. The predicted molar refractivity (Wildman–Crippen MR) is 108 cm³/mol. The molecule has 1 aromatic carbocycles. The first-order chi connectivity index (χ1) is 12.4. The van der Waals surface area contributed by atoms with Gasteiger partial charge in [0, 0.05) is 25.4 Å². The van der Waals surface area contributed by atoms with Crippen molar-refractivity contribution in [2.75, 3.05) is 24.2 Å². The fourth-order valence-electron chi connectivity index (χ4n) is 2.67. The predicted octanol–water partition coefficient (Wildman–Crippen LogP) is 4.49. The van der Waals surface area contributed by atoms with Gasteiger partial charge in [-0.2, -0.15) is 5.10 Å². The number of pyridine rings is 1. The molecule has 0 amide bonds. The maximum absolute atomic E-state index is 4.76. The molecule has 3 aromatic rings. The first-order valence-corrected chi connectivity index (χ1v) is 8.94. The van der Waals surface area contributed by atoms with E-state index in [2.05, 4.69) is 54.7 Å². The summed E-state index contributed by atoms with van der Waals surface area (Å²) in [5.74, 6) is 0.850. The quantitative estimate of drug-likeness (QED) is 0.688. The number of aromatic nitrogens is 3. The average Bonchev–Trinajstić information content (AvgIpc) is 3.08. The number of benzene rings is 1. The molecule has 0 unspecified atom stereocenters. The number of hydrogen-bond acceptors (Lipinski definition) is 4. The van der Waals surface area contributed by atoms with E-state index in [1.54, 1.807) is 0 Å². The van der Waals surface area contributed by atoms with Gasteiger partial charge in [-0.05, 0) is 23.1 Å². The van der Waals surface area contributed by atoms with E-state index in [0.29, 0.717) is 0 Å². The highest BCUT2D eigenvalue weighted by Gasteiger charge is 2.13. The molecule has 136 valence electrons. The zero-order valence-electron chi connectivity index (χ0n) is 16.0. The Hall–Kier alpha value is -2.82. The van der Waals surface area contributed by atoms with Crippen molar-refractivity contribution in [1.29, 1.82) is 0 Å². The van der Waals surface area contributed by atoms with E-state index in [0.717, 1.165) is 35.9 Å². The minimum atomic E-state index is 0.211. The van der Waals surface area contributed by atoms with Crippen molar-refractivity contribution in [3.8, 4) is 11.3 Å². The maximum Gasteiger partial charge on any atom is 0.149 e. The average molecular weight is 349 g/mol. The third-order valence-corrected chi connectivity index (χ3v) is 4.06. The fourth-order valence-corrected chi connectivity index (χ4v) is 2.67. The van der Waals surface area contributed by atoms with Crippen molar-refractivity contribution in [2.45, 2.75) is 27.3 Å². The highest BCUT2D eigenvalue weighted by atomic mass is 15.3. The van der Waals surface area contributed by atoms with Gasteiger partial charge in [0.05, 0.1) is 24.1 Å². The number of rotatable bonds is 6. The lowest BCUT2D eigenvalue weighted by Crippen LogP contribution is -2.19. The van der Waals surface area contributed by atoms with Crippen LogP contribution < -0.4 is 10.6 Å². The SMILES string of the molecule is CNc1nc(-c2cnn(Cc3ccccc3)c2)ccc1NCC(C)(C)C. The van der Waals surface area contributed by atoms with E-state index >= 15 is 0 Å². The smallest absolute Gasteiger partial charge is 0.149 e. The second kappa shape index (κ2) is 7.60. The molecule has 26 heavy (non-hydrogen) atoms. The van der Waals surface area contributed by atoms with Crippen LogP contribution in [-0.4, -0.2) is 28.4 Å². The van der Waals surface area contributed by atoms with E-state index in [-0.39, 0.29) is 5.41 Å². The minimum absolute atomic E-state index is 0.211. The van der Waals surface area contributed by atoms with Crippen molar-refractivity contribution in [3.05, 3.63) is 60.4 Å². The highest BCUT2D eigenvalue weighted by Crippen LogP contribution is 2.26. The second-order valence-corrected chi connectivity index (χ2v) is 7.67. The monoisotopic (exact) mass is 349 g/mol. The van der Waals surface area contributed by atoms with E-state index in [4.69, 9.17) is 4.98 Å². The first-order valence-electron chi connectivity index (χ1n) is 8.94. The van der Waals surface area contributed by atoms with Crippen LogP contribution in [-0.2, 0) is 6.54 Å². The zero-order chi connectivity index (χ0) is 18.6. The Balaban J connectivity index is 1.77. The molecule has 0 spiro atoms. The van der Waals surface area contributed by atoms with Crippen LogP contribution in [0.3, 0.4) is 0 Å². The zero-order valence-corrected chi connectivity index (χ0v) is 16.0. The van der Waals surface area contributed by atoms with Gasteiger partial charge in [-0.3, -0.25) is 4.68 Å². The molecule has 0 saturated heterocycles. The van der Waals surface area contributed by atoms with Crippen molar-refractivity contribution in [3.63, 3.8) is 0 Å². The van der Waals surface area contributed by atoms with Crippen molar-refractivity contribution in [1.82, 2.24) is 14.8 Å². The molecule has 3 rings (SSSR count). The molecule has 5 nitrogen and oxygen atoms in total. The van der Waals surface area contributed by atoms with Crippen molar-refractivity contribution in [2.24, 2.45) is 5.41 Å². The standard InChI is InChI=1S/C21H27N5/c1-21(2,3)15-23-19-11-10-18(25-20(19)22-4)17-12-24-26(14-17)13-16-8-6-5-7-9-16/h5-12,14,23H,13,15H2,1-4H3,(H,22,25). The Morgan fingerprint density at radius 3 is 2.50 bits per heavy atom. The van der Waals surface area contributed by atoms with Gasteiger partial charge < -0.3 is 10.6 Å². The van der Waals surface area contributed by atoms with E-state index in [1.807, 2.05) is 48.4 Å². The molecule has 5 heteroatoms. The molecular formula is C21H27N5. The Morgan fingerprint density at radius 1 is 1.04 bits per heavy atom. The van der Waals surface area contributed by atoms with Crippen LogP contribution in [0.25, 0.3) is 11.3 Å². The van der Waals surface area contributed by atoms with Crippen LogP contribution in [0.1, 0.15) is 26.3 Å². The molecule has 2 heterocycles. The van der Waals surface area contributed by atoms with Gasteiger partial charge in [0.25, 0.3) is 0 Å². The van der Waals surface area contributed by atoms with Gasteiger partial charge in [-0.25, -0.2) is 4.98 Å². The summed E-state index contributed by atoms with van der Waals surface area (Å²) in [4.78, 5) is 4.76. The van der Waals surface area contributed by atoms with Crippen LogP contribution in [0, 0.1) is 5.41 Å². The second-order valence-electron chi connectivity index (χ2n) is 7.67. The molecule has 2 aromatic heterocycles. The number of nitrogens with one attached hydrogen (secondary N) is 2. The molecule has 0 saturated carbocycles. The molecule has 0 bridgehead atoms. The van der Waals surface area contributed by atoms with Gasteiger partial charge in [0.1, 0.15) is 5.82 Å². The molecule has 0 aliphatic rings. The van der Waals surface area contributed by atoms with Crippen LogP contribution in [0.4, 0.5) is 11.5 Å². The lowest BCUT2D eigenvalue weighted by Gasteiger charge is -2.21. The minimum Gasteiger partial charge on any atom is -0.382 e. The van der Waals surface area contributed by atoms with E-state index in [9.17, 15) is 0 Å². The third kappa shape index (κ3) is 4.63. The lowest BCUT2D eigenvalue weighted by molar-refractivity contribution is 0.443. The van der Waals surface area contributed by atoms with Gasteiger partial charge in [0.2, 0.25) is 0 Å². The normalized spacial score (nSPS) is 11.4. The van der Waals surface area contributed by atoms with Crippen LogP contribution >= 0.6 is 0 Å². The largest absolute Gasteiger partial charge is 0.382 e. The number of anilines is 2.